The van der Waals surface area contributed by atoms with Gasteiger partial charge in [0, 0.05) is 37.0 Å². The average Bonchev–Trinajstić information content (AvgIpc) is 2.87. The van der Waals surface area contributed by atoms with Crippen LogP contribution in [0.5, 0.6) is 0 Å². The van der Waals surface area contributed by atoms with Crippen molar-refractivity contribution in [2.45, 2.75) is 45.4 Å². The zero-order chi connectivity index (χ0) is 26.2. The Balaban J connectivity index is 2.29. The minimum atomic E-state index is -2.15. The second-order valence-corrected chi connectivity index (χ2v) is 8.11. The second kappa shape index (κ2) is 12.5. The molecule has 3 rings (SSSR count). The average molecular weight is 515 g/mol. The lowest BCUT2D eigenvalue weighted by Gasteiger charge is -2.35. The van der Waals surface area contributed by atoms with Gasteiger partial charge in [-0.15, -0.1) is 0 Å². The molecular formula is C27H31ClN2O6. The van der Waals surface area contributed by atoms with E-state index in [0.29, 0.717) is 34.8 Å². The lowest BCUT2D eigenvalue weighted by Crippen LogP contribution is -2.50. The van der Waals surface area contributed by atoms with Gasteiger partial charge in [-0.05, 0) is 57.9 Å². The Bertz CT molecular complexity index is 1250. The molecule has 2 N–H and O–H groups in total. The molecule has 0 aliphatic carbocycles. The Morgan fingerprint density at radius 2 is 1.56 bits per heavy atom. The molecule has 192 valence electrons. The van der Waals surface area contributed by atoms with E-state index in [1.54, 1.807) is 62.4 Å². The maximum absolute atomic E-state index is 13.2. The summed E-state index contributed by atoms with van der Waals surface area (Å²) in [6.07, 6.45) is -1.02. The van der Waals surface area contributed by atoms with Crippen molar-refractivity contribution in [2.24, 2.45) is 0 Å². The summed E-state index contributed by atoms with van der Waals surface area (Å²) in [6.45, 7) is 8.24. The maximum Gasteiger partial charge on any atom is 0.287 e. The van der Waals surface area contributed by atoms with Crippen LogP contribution in [0.3, 0.4) is 0 Å². The summed E-state index contributed by atoms with van der Waals surface area (Å²) in [5.74, 6) is 4.06. The van der Waals surface area contributed by atoms with Crippen LogP contribution in [-0.4, -0.2) is 53.6 Å². The lowest BCUT2D eigenvalue weighted by atomic mass is 9.90. The maximum atomic E-state index is 13.2. The monoisotopic (exact) mass is 514 g/mol. The van der Waals surface area contributed by atoms with Crippen LogP contribution in [0.1, 0.15) is 39.0 Å². The van der Waals surface area contributed by atoms with Gasteiger partial charge in [-0.25, -0.2) is 4.98 Å². The molecule has 0 aliphatic heterocycles. The van der Waals surface area contributed by atoms with Gasteiger partial charge in [0.05, 0.1) is 11.0 Å². The van der Waals surface area contributed by atoms with Crippen LogP contribution in [0, 0.1) is 11.8 Å². The molecule has 0 saturated carbocycles. The summed E-state index contributed by atoms with van der Waals surface area (Å²) in [5.41, 5.74) is -1.64. The molecule has 0 spiro atoms. The van der Waals surface area contributed by atoms with E-state index in [1.807, 2.05) is 13.8 Å². The molecule has 0 amide bonds. The number of para-hydroxylation sites is 2. The van der Waals surface area contributed by atoms with E-state index in [4.69, 9.17) is 30.5 Å². The Morgan fingerprint density at radius 1 is 0.944 bits per heavy atom. The molecule has 1 atom stereocenters. The van der Waals surface area contributed by atoms with Gasteiger partial charge >= 0.3 is 0 Å². The summed E-state index contributed by atoms with van der Waals surface area (Å²) in [7, 11) is 0. The van der Waals surface area contributed by atoms with Crippen LogP contribution in [0.15, 0.2) is 53.3 Å². The molecule has 8 nitrogen and oxygen atoms in total. The quantitative estimate of drug-likeness (QED) is 0.294. The number of aromatic nitrogens is 2. The number of halogens is 1. The van der Waals surface area contributed by atoms with Gasteiger partial charge in [0.15, 0.2) is 11.3 Å². The minimum absolute atomic E-state index is 0.206. The number of fused-ring (bicyclic) bond motifs is 1. The number of hydrogen-bond donors (Lipinski definition) is 2. The molecule has 2 aromatic carbocycles. The number of rotatable bonds is 11. The van der Waals surface area contributed by atoms with Crippen LogP contribution in [0.2, 0.25) is 5.02 Å². The highest BCUT2D eigenvalue weighted by atomic mass is 35.5. The summed E-state index contributed by atoms with van der Waals surface area (Å²) >= 11 is 6.09. The highest BCUT2D eigenvalue weighted by molar-refractivity contribution is 6.30. The van der Waals surface area contributed by atoms with Crippen molar-refractivity contribution >= 4 is 22.6 Å². The van der Waals surface area contributed by atoms with Crippen LogP contribution >= 0.6 is 11.6 Å². The third-order valence-electron chi connectivity index (χ3n) is 5.29. The number of nitrogens with one attached hydrogen (secondary N) is 1. The molecule has 0 saturated heterocycles. The molecule has 9 heteroatoms. The van der Waals surface area contributed by atoms with E-state index >= 15 is 0 Å². The molecule has 1 aromatic heterocycles. The molecule has 0 fully saturated rings. The Morgan fingerprint density at radius 3 is 2.14 bits per heavy atom. The highest BCUT2D eigenvalue weighted by Crippen LogP contribution is 2.30. The predicted octanol–water partition coefficient (Wildman–Crippen LogP) is 3.98. The largest absolute Gasteiger partial charge is 0.368 e. The van der Waals surface area contributed by atoms with Crippen molar-refractivity contribution in [1.29, 1.82) is 0 Å². The van der Waals surface area contributed by atoms with Crippen molar-refractivity contribution in [2.75, 3.05) is 26.4 Å². The van der Waals surface area contributed by atoms with E-state index in [0.717, 1.165) is 0 Å². The smallest absolute Gasteiger partial charge is 0.287 e. The van der Waals surface area contributed by atoms with Gasteiger partial charge in [-0.1, -0.05) is 41.8 Å². The number of aliphatic hydroxyl groups is 1. The van der Waals surface area contributed by atoms with Crippen molar-refractivity contribution in [3.8, 4) is 11.8 Å². The summed E-state index contributed by atoms with van der Waals surface area (Å²) in [6, 6.07) is 13.4. The SMILES string of the molecule is CCOC(OCC)C(C#CC(O)(c1ccc(Cl)cc1)c1nc2ccccc2[nH]c1=O)(OCC)OCC. The number of aromatic amines is 1. The minimum Gasteiger partial charge on any atom is -0.368 e. The van der Waals surface area contributed by atoms with Crippen molar-refractivity contribution in [1.82, 2.24) is 9.97 Å². The molecule has 1 heterocycles. The summed E-state index contributed by atoms with van der Waals surface area (Å²) in [5, 5.41) is 12.5. The fraction of sp³-hybridized carbons (Fsp3) is 0.407. The molecule has 0 aliphatic rings. The van der Waals surface area contributed by atoms with Crippen LogP contribution < -0.4 is 5.56 Å². The lowest BCUT2D eigenvalue weighted by molar-refractivity contribution is -0.321. The van der Waals surface area contributed by atoms with Gasteiger partial charge < -0.3 is 29.0 Å². The van der Waals surface area contributed by atoms with Crippen molar-refractivity contribution in [3.05, 3.63) is 75.2 Å². The van der Waals surface area contributed by atoms with Crippen molar-refractivity contribution in [3.63, 3.8) is 0 Å². The van der Waals surface area contributed by atoms with Crippen LogP contribution in [0.25, 0.3) is 11.0 Å². The van der Waals surface area contributed by atoms with E-state index in [-0.39, 0.29) is 18.9 Å². The zero-order valence-electron chi connectivity index (χ0n) is 20.8. The third-order valence-corrected chi connectivity index (χ3v) is 5.54. The van der Waals surface area contributed by atoms with E-state index in [9.17, 15) is 9.90 Å². The molecule has 3 aromatic rings. The van der Waals surface area contributed by atoms with Gasteiger partial charge in [0.25, 0.3) is 11.3 Å². The van der Waals surface area contributed by atoms with E-state index in [1.165, 1.54) is 0 Å². The fourth-order valence-electron chi connectivity index (χ4n) is 3.72. The normalized spacial score (nSPS) is 13.4. The summed E-state index contributed by atoms with van der Waals surface area (Å²) < 4.78 is 23.4. The fourth-order valence-corrected chi connectivity index (χ4v) is 3.85. The van der Waals surface area contributed by atoms with Crippen LogP contribution in [-0.2, 0) is 24.5 Å². The van der Waals surface area contributed by atoms with Crippen molar-refractivity contribution < 1.29 is 24.1 Å². The number of H-pyrrole nitrogens is 1. The number of benzene rings is 2. The standard InChI is InChI=1S/C27H31ClN2O6/c1-5-33-25(34-6-2)27(35-7-3,36-8-4)18-17-26(32,19-13-15-20(28)16-14-19)23-24(31)30-22-12-10-9-11-21(22)29-23/h9-16,25,32H,5-8H2,1-4H3,(H,30,31). The Labute approximate surface area is 215 Å². The third kappa shape index (κ3) is 5.95. The molecule has 0 radical (unpaired) electrons. The number of ether oxygens (including phenoxy) is 4. The first-order valence-electron chi connectivity index (χ1n) is 11.9. The van der Waals surface area contributed by atoms with Gasteiger partial charge in [0.1, 0.15) is 0 Å². The second-order valence-electron chi connectivity index (χ2n) is 7.68. The first kappa shape index (κ1) is 27.8. The number of nitrogens with zero attached hydrogens (tertiary/aromatic N) is 1. The molecule has 1 unspecified atom stereocenters. The van der Waals surface area contributed by atoms with Gasteiger partial charge in [0.2, 0.25) is 6.29 Å². The van der Waals surface area contributed by atoms with Gasteiger partial charge in [-0.2, -0.15) is 0 Å². The Kier molecular flexibility index (Phi) is 9.63. The summed E-state index contributed by atoms with van der Waals surface area (Å²) in [4.78, 5) is 20.4. The first-order chi connectivity index (χ1) is 17.3. The molecular weight excluding hydrogens is 484 g/mol. The van der Waals surface area contributed by atoms with E-state index < -0.39 is 23.2 Å². The van der Waals surface area contributed by atoms with Gasteiger partial charge in [-0.3, -0.25) is 4.79 Å². The Hall–Kier alpha value is -2.77. The van der Waals surface area contributed by atoms with Crippen LogP contribution in [0.4, 0.5) is 0 Å². The van der Waals surface area contributed by atoms with E-state index in [2.05, 4.69) is 21.8 Å². The predicted molar refractivity (Wildman–Crippen MR) is 138 cm³/mol. The molecule has 0 bridgehead atoms. The topological polar surface area (TPSA) is 103 Å². The highest BCUT2D eigenvalue weighted by Gasteiger charge is 2.43. The molecule has 36 heavy (non-hydrogen) atoms. The zero-order valence-corrected chi connectivity index (χ0v) is 21.6. The number of hydrogen-bond acceptors (Lipinski definition) is 7. The first-order valence-corrected chi connectivity index (χ1v) is 12.2.